The normalized spacial score (nSPS) is 15.7. The molecule has 1 heterocycles. The Morgan fingerprint density at radius 3 is 2.22 bits per heavy atom. The van der Waals surface area contributed by atoms with E-state index in [2.05, 4.69) is 36.6 Å². The molecule has 0 unspecified atom stereocenters. The first-order valence-corrected chi connectivity index (χ1v) is 21.4. The van der Waals surface area contributed by atoms with E-state index in [0.29, 0.717) is 19.3 Å². The van der Waals surface area contributed by atoms with Crippen LogP contribution in [-0.4, -0.2) is 97.2 Å². The second kappa shape index (κ2) is 22.3. The van der Waals surface area contributed by atoms with Crippen molar-refractivity contribution in [2.45, 2.75) is 94.8 Å². The first-order valence-electron chi connectivity index (χ1n) is 21.4. The summed E-state index contributed by atoms with van der Waals surface area (Å²) in [5, 5.41) is 15.0. The third-order valence-corrected chi connectivity index (χ3v) is 11.2. The predicted octanol–water partition coefficient (Wildman–Crippen LogP) is 1.36. The minimum atomic E-state index is -1.37. The smallest absolute Gasteiger partial charge is 0.246 e. The number of carbonyl (C=O) groups is 6. The van der Waals surface area contributed by atoms with Crippen molar-refractivity contribution in [1.29, 1.82) is 0 Å². The molecule has 6 amide bonds. The Hall–Kier alpha value is -6.91. The van der Waals surface area contributed by atoms with Crippen molar-refractivity contribution < 1.29 is 28.8 Å². The highest BCUT2D eigenvalue weighted by molar-refractivity contribution is 5.98. The van der Waals surface area contributed by atoms with Crippen molar-refractivity contribution in [2.24, 2.45) is 22.2 Å². The summed E-state index contributed by atoms with van der Waals surface area (Å²) < 4.78 is 0. The Morgan fingerprint density at radius 1 is 0.810 bits per heavy atom. The van der Waals surface area contributed by atoms with Crippen molar-refractivity contribution in [2.75, 3.05) is 32.1 Å². The molecule has 0 spiro atoms. The van der Waals surface area contributed by atoms with Gasteiger partial charge in [-0.25, -0.2) is 0 Å². The van der Waals surface area contributed by atoms with E-state index in [0.717, 1.165) is 45.3 Å². The molecule has 1 aliphatic rings. The summed E-state index contributed by atoms with van der Waals surface area (Å²) >= 11 is 0. The quantitative estimate of drug-likeness (QED) is 0.0313. The van der Waals surface area contributed by atoms with Gasteiger partial charge in [0, 0.05) is 69.1 Å². The molecule has 1 aromatic heterocycles. The number of amides is 6. The van der Waals surface area contributed by atoms with Crippen LogP contribution in [0.5, 0.6) is 0 Å². The minimum Gasteiger partial charge on any atom is -0.377 e. The van der Waals surface area contributed by atoms with E-state index in [1.165, 1.54) is 0 Å². The summed E-state index contributed by atoms with van der Waals surface area (Å²) in [5.41, 5.74) is 20.4. The van der Waals surface area contributed by atoms with E-state index >= 15 is 0 Å². The van der Waals surface area contributed by atoms with Gasteiger partial charge in [0.15, 0.2) is 5.96 Å². The van der Waals surface area contributed by atoms with Crippen molar-refractivity contribution in [3.63, 3.8) is 0 Å². The highest BCUT2D eigenvalue weighted by Crippen LogP contribution is 2.35. The Kier molecular flexibility index (Phi) is 16.7. The predicted molar refractivity (Wildman–Crippen MR) is 243 cm³/mol. The van der Waals surface area contributed by atoms with Crippen molar-refractivity contribution in [3.05, 3.63) is 101 Å². The molecule has 63 heavy (non-hydrogen) atoms. The fourth-order valence-electron chi connectivity index (χ4n) is 7.97. The lowest BCUT2D eigenvalue weighted by molar-refractivity contribution is -0.137. The van der Waals surface area contributed by atoms with Gasteiger partial charge in [-0.1, -0.05) is 74.0 Å². The van der Waals surface area contributed by atoms with Crippen molar-refractivity contribution in [3.8, 4) is 0 Å². The largest absolute Gasteiger partial charge is 0.377 e. The number of nitrogens with two attached hydrogens (primary N) is 3. The van der Waals surface area contributed by atoms with Gasteiger partial charge < -0.3 is 53.7 Å². The molecule has 0 saturated heterocycles. The highest BCUT2D eigenvalue weighted by Gasteiger charge is 2.44. The number of para-hydroxylation sites is 1. The van der Waals surface area contributed by atoms with Gasteiger partial charge in [-0.05, 0) is 66.5 Å². The molecule has 0 fully saturated rings. The van der Waals surface area contributed by atoms with E-state index in [1.807, 2.05) is 98.7 Å². The summed E-state index contributed by atoms with van der Waals surface area (Å²) in [4.78, 5) is 91.6. The van der Waals surface area contributed by atoms with Gasteiger partial charge in [-0.3, -0.25) is 33.8 Å². The number of hydrogen-bond acceptors (Lipinski definition) is 8. The topological polar surface area (TPSA) is 272 Å². The van der Waals surface area contributed by atoms with Gasteiger partial charge in [0.05, 0.1) is 6.54 Å². The van der Waals surface area contributed by atoms with Gasteiger partial charge >= 0.3 is 0 Å². The fourth-order valence-corrected chi connectivity index (χ4v) is 7.97. The average Bonchev–Trinajstić information content (AvgIpc) is 3.67. The van der Waals surface area contributed by atoms with Gasteiger partial charge in [-0.2, -0.15) is 0 Å². The maximum absolute atomic E-state index is 14.8. The Labute approximate surface area is 367 Å². The number of benzene rings is 3. The Balaban J connectivity index is 1.45. The lowest BCUT2D eigenvalue weighted by Crippen LogP contribution is -2.65. The monoisotopic (exact) mass is 863 g/mol. The molecule has 17 nitrogen and oxygen atoms in total. The Bertz CT molecular complexity index is 2270. The van der Waals surface area contributed by atoms with Crippen LogP contribution in [0.1, 0.15) is 67.7 Å². The molecule has 0 radical (unpaired) electrons. The van der Waals surface area contributed by atoms with Crippen molar-refractivity contribution in [1.82, 2.24) is 31.6 Å². The van der Waals surface area contributed by atoms with Crippen LogP contribution < -0.4 is 48.7 Å². The number of aromatic nitrogens is 1. The van der Waals surface area contributed by atoms with Crippen LogP contribution in [0.4, 0.5) is 5.69 Å². The molecule has 4 aromatic rings. The number of unbranched alkanes of at least 4 members (excludes halogenated alkanes) is 1. The van der Waals surface area contributed by atoms with Crippen LogP contribution in [0.2, 0.25) is 0 Å². The number of guanidine groups is 1. The number of aliphatic imine (C=N–C) groups is 1. The van der Waals surface area contributed by atoms with E-state index < -0.39 is 59.7 Å². The van der Waals surface area contributed by atoms with Crippen LogP contribution >= 0.6 is 0 Å². The number of hydrogen-bond donors (Lipinski definition) is 9. The van der Waals surface area contributed by atoms with Gasteiger partial charge in [0.2, 0.25) is 35.4 Å². The molecule has 5 rings (SSSR count). The molecule has 0 bridgehead atoms. The van der Waals surface area contributed by atoms with Crippen molar-refractivity contribution >= 4 is 58.0 Å². The maximum Gasteiger partial charge on any atom is 0.246 e. The second-order valence-corrected chi connectivity index (χ2v) is 16.3. The summed E-state index contributed by atoms with van der Waals surface area (Å²) in [5.74, 6) is -3.73. The summed E-state index contributed by atoms with van der Waals surface area (Å²) in [6.07, 6.45) is 4.82. The first kappa shape index (κ1) is 47.1. The number of carbonyl (C=O) groups excluding carboxylic acids is 6. The summed E-state index contributed by atoms with van der Waals surface area (Å²) in [6.45, 7) is 1.67. The van der Waals surface area contributed by atoms with E-state index in [1.54, 1.807) is 6.20 Å². The minimum absolute atomic E-state index is 0.0347. The number of H-pyrrole nitrogens is 1. The number of anilines is 1. The molecule has 0 saturated carbocycles. The van der Waals surface area contributed by atoms with E-state index in [-0.39, 0.29) is 56.9 Å². The maximum atomic E-state index is 14.8. The molecular weight excluding hydrogens is 803 g/mol. The highest BCUT2D eigenvalue weighted by atomic mass is 16.2. The zero-order valence-corrected chi connectivity index (χ0v) is 36.3. The molecule has 1 aliphatic carbocycles. The molecule has 12 N–H and O–H groups in total. The number of nitrogens with zero attached hydrogens (tertiary/aromatic N) is 2. The van der Waals surface area contributed by atoms with Crippen LogP contribution in [0.3, 0.4) is 0 Å². The van der Waals surface area contributed by atoms with Crippen LogP contribution in [0.15, 0.2) is 84.0 Å². The molecular formula is C46H61N11O6. The fraction of sp³-hybridized carbons (Fsp3) is 0.413. The first-order chi connectivity index (χ1) is 30.2. The molecule has 4 atom stereocenters. The zero-order valence-electron chi connectivity index (χ0n) is 36.3. The second-order valence-electron chi connectivity index (χ2n) is 16.3. The molecule has 0 aliphatic heterocycles. The van der Waals surface area contributed by atoms with E-state index in [4.69, 9.17) is 17.2 Å². The standard InChI is InChI=1S/C46H61N11O6/c1-4-5-20-40(59)56-46(22-21-33-30(26-46)15-11-19-38(33)57(2)3)44(63)55-36(24-29-13-7-6-8-14-29)43(62)53-35(18-12-23-50-45(48)49)42(61)54-37(41(60)52-28-39(47)58)25-31-27-51-34-17-10-9-16-32(31)34/h6-11,13-17,19,27,35-37,51H,4-5,12,18,20-26,28H2,1-3H3,(H2,47,58)(H,52,60)(H,53,62)(H,54,61)(H,55,63)(H,56,59)(H4,48,49,50)/t35-,36+,37-,46-/m0/s1. The summed E-state index contributed by atoms with van der Waals surface area (Å²) in [6, 6.07) is 18.9. The Morgan fingerprint density at radius 2 is 1.51 bits per heavy atom. The lowest BCUT2D eigenvalue weighted by Gasteiger charge is -2.39. The number of nitrogens with one attached hydrogen (secondary N) is 6. The number of primary amides is 1. The molecule has 336 valence electrons. The zero-order chi connectivity index (χ0) is 45.5. The van der Waals surface area contributed by atoms with Gasteiger partial charge in [-0.15, -0.1) is 0 Å². The lowest BCUT2D eigenvalue weighted by atomic mass is 9.76. The van der Waals surface area contributed by atoms with E-state index in [9.17, 15) is 28.8 Å². The summed E-state index contributed by atoms with van der Waals surface area (Å²) in [7, 11) is 3.92. The molecule has 3 aromatic carbocycles. The average molecular weight is 864 g/mol. The third-order valence-electron chi connectivity index (χ3n) is 11.2. The van der Waals surface area contributed by atoms with Gasteiger partial charge in [0.1, 0.15) is 23.7 Å². The van der Waals surface area contributed by atoms with Crippen LogP contribution in [0, 0.1) is 0 Å². The number of fused-ring (bicyclic) bond motifs is 2. The number of aromatic amines is 1. The van der Waals surface area contributed by atoms with Crippen LogP contribution in [-0.2, 0) is 54.5 Å². The van der Waals surface area contributed by atoms with Crippen LogP contribution in [0.25, 0.3) is 10.9 Å². The third kappa shape index (κ3) is 13.0. The SMILES string of the molecule is CCCCC(=O)N[C@@]1(C(=O)N[C@H](Cc2ccccc2)C(=O)N[C@@H](CCCN=C(N)N)C(=O)N[C@@H](Cc2c[nH]c3ccccc23)C(=O)NCC(N)=O)CCc2c(cccc2N(C)C)C1. The number of rotatable bonds is 22. The molecule has 17 heteroatoms. The van der Waals surface area contributed by atoms with Gasteiger partial charge in [0.25, 0.3) is 0 Å².